The summed E-state index contributed by atoms with van der Waals surface area (Å²) in [7, 11) is 0. The van der Waals surface area contributed by atoms with Crippen LogP contribution in [0.4, 0.5) is 0 Å². The number of ether oxygens (including phenoxy) is 1. The van der Waals surface area contributed by atoms with E-state index in [0.717, 1.165) is 24.9 Å². The van der Waals surface area contributed by atoms with Crippen LogP contribution < -0.4 is 5.32 Å². The maximum Gasteiger partial charge on any atom is 0.0669 e. The van der Waals surface area contributed by atoms with Gasteiger partial charge in [-0.15, -0.1) is 11.8 Å². The van der Waals surface area contributed by atoms with Gasteiger partial charge in [0.25, 0.3) is 0 Å². The van der Waals surface area contributed by atoms with E-state index in [1.165, 1.54) is 41.7 Å². The van der Waals surface area contributed by atoms with Crippen LogP contribution in [-0.4, -0.2) is 24.5 Å². The average molecular weight is 277 g/mol. The fraction of sp³-hybridized carbons (Fsp3) is 0.625. The van der Waals surface area contributed by atoms with Gasteiger partial charge in [0.1, 0.15) is 0 Å². The lowest BCUT2D eigenvalue weighted by molar-refractivity contribution is 0.129. The molecule has 3 rings (SSSR count). The summed E-state index contributed by atoms with van der Waals surface area (Å²) in [6.07, 6.45) is 5.63. The van der Waals surface area contributed by atoms with E-state index in [1.54, 1.807) is 0 Å². The normalized spacial score (nSPS) is 22.9. The van der Waals surface area contributed by atoms with Crippen molar-refractivity contribution in [3.05, 3.63) is 29.3 Å². The molecular weight excluding hydrogens is 254 g/mol. The molecule has 1 aromatic carbocycles. The Balaban J connectivity index is 1.60. The monoisotopic (exact) mass is 277 g/mol. The van der Waals surface area contributed by atoms with Gasteiger partial charge in [-0.2, -0.15) is 0 Å². The van der Waals surface area contributed by atoms with Gasteiger partial charge in [-0.05, 0) is 44.2 Å². The second-order valence-electron chi connectivity index (χ2n) is 5.71. The topological polar surface area (TPSA) is 21.3 Å². The van der Waals surface area contributed by atoms with E-state index in [9.17, 15) is 0 Å². The Hall–Kier alpha value is -0.510. The molecule has 2 nitrogen and oxygen atoms in total. The van der Waals surface area contributed by atoms with Gasteiger partial charge in [-0.3, -0.25) is 0 Å². The quantitative estimate of drug-likeness (QED) is 0.804. The van der Waals surface area contributed by atoms with E-state index in [2.05, 4.69) is 30.4 Å². The van der Waals surface area contributed by atoms with Crippen molar-refractivity contribution < 1.29 is 4.74 Å². The highest BCUT2D eigenvalue weighted by Crippen LogP contribution is 2.28. The summed E-state index contributed by atoms with van der Waals surface area (Å²) in [6.45, 7) is 4.14. The minimum absolute atomic E-state index is 0.468. The molecule has 1 heterocycles. The SMILES string of the molecule is Cc1ccc(SCC2CCCO2)c(CNC2CC2)c1. The zero-order valence-corrected chi connectivity index (χ0v) is 12.5. The number of rotatable bonds is 6. The van der Waals surface area contributed by atoms with Gasteiger partial charge >= 0.3 is 0 Å². The summed E-state index contributed by atoms with van der Waals surface area (Å²) >= 11 is 1.96. The van der Waals surface area contributed by atoms with Crippen molar-refractivity contribution in [3.63, 3.8) is 0 Å². The molecule has 0 bridgehead atoms. The molecule has 0 aromatic heterocycles. The van der Waals surface area contributed by atoms with E-state index in [-0.39, 0.29) is 0 Å². The van der Waals surface area contributed by atoms with Gasteiger partial charge in [0.15, 0.2) is 0 Å². The van der Waals surface area contributed by atoms with Crippen LogP contribution in [0.15, 0.2) is 23.1 Å². The van der Waals surface area contributed by atoms with Crippen LogP contribution in [0.3, 0.4) is 0 Å². The molecule has 19 heavy (non-hydrogen) atoms. The largest absolute Gasteiger partial charge is 0.377 e. The first-order chi connectivity index (χ1) is 9.31. The zero-order chi connectivity index (χ0) is 13.1. The molecule has 0 spiro atoms. The molecule has 1 saturated heterocycles. The molecule has 1 aromatic rings. The second-order valence-corrected chi connectivity index (χ2v) is 6.77. The molecule has 2 fully saturated rings. The molecule has 0 amide bonds. The average Bonchev–Trinajstić information content (AvgIpc) is 3.10. The van der Waals surface area contributed by atoms with Crippen LogP contribution in [-0.2, 0) is 11.3 Å². The lowest BCUT2D eigenvalue weighted by Crippen LogP contribution is -2.16. The third-order valence-electron chi connectivity index (χ3n) is 3.82. The predicted octanol–water partition coefficient (Wildman–Crippen LogP) is 3.52. The third kappa shape index (κ3) is 3.98. The Morgan fingerprint density at radius 3 is 2.95 bits per heavy atom. The van der Waals surface area contributed by atoms with E-state index in [0.29, 0.717) is 6.10 Å². The lowest BCUT2D eigenvalue weighted by atomic mass is 10.1. The number of hydrogen-bond donors (Lipinski definition) is 1. The van der Waals surface area contributed by atoms with E-state index >= 15 is 0 Å². The first-order valence-electron chi connectivity index (χ1n) is 7.38. The smallest absolute Gasteiger partial charge is 0.0669 e. The predicted molar refractivity (Wildman–Crippen MR) is 80.7 cm³/mol. The standard InChI is InChI=1S/C16H23NOS/c1-12-4-7-16(19-11-15-3-2-8-18-15)13(9-12)10-17-14-5-6-14/h4,7,9,14-15,17H,2-3,5-6,8,10-11H2,1H3. The lowest BCUT2D eigenvalue weighted by Gasteiger charge is -2.13. The van der Waals surface area contributed by atoms with Crippen molar-refractivity contribution in [2.24, 2.45) is 0 Å². The number of thioether (sulfide) groups is 1. The Labute approximate surface area is 120 Å². The van der Waals surface area contributed by atoms with E-state index < -0.39 is 0 Å². The van der Waals surface area contributed by atoms with Crippen molar-refractivity contribution in [1.82, 2.24) is 5.32 Å². The van der Waals surface area contributed by atoms with Crippen LogP contribution in [0.1, 0.15) is 36.8 Å². The molecule has 1 atom stereocenters. The first kappa shape index (κ1) is 13.5. The van der Waals surface area contributed by atoms with Crippen molar-refractivity contribution in [3.8, 4) is 0 Å². The molecule has 1 N–H and O–H groups in total. The van der Waals surface area contributed by atoms with Crippen molar-refractivity contribution in [1.29, 1.82) is 0 Å². The second kappa shape index (κ2) is 6.29. The molecular formula is C16H23NOS. The number of benzene rings is 1. The molecule has 0 radical (unpaired) electrons. The fourth-order valence-corrected chi connectivity index (χ4v) is 3.60. The van der Waals surface area contributed by atoms with Gasteiger partial charge in [-0.1, -0.05) is 17.7 Å². The third-order valence-corrected chi connectivity index (χ3v) is 5.07. The van der Waals surface area contributed by atoms with Gasteiger partial charge in [-0.25, -0.2) is 0 Å². The maximum atomic E-state index is 5.71. The first-order valence-corrected chi connectivity index (χ1v) is 8.37. The molecule has 3 heteroatoms. The van der Waals surface area contributed by atoms with Crippen molar-refractivity contribution in [2.75, 3.05) is 12.4 Å². The van der Waals surface area contributed by atoms with Gasteiger partial charge in [0.2, 0.25) is 0 Å². The van der Waals surface area contributed by atoms with Crippen LogP contribution in [0.2, 0.25) is 0 Å². The Morgan fingerprint density at radius 1 is 1.32 bits per heavy atom. The Morgan fingerprint density at radius 2 is 2.21 bits per heavy atom. The van der Waals surface area contributed by atoms with Crippen LogP contribution in [0.25, 0.3) is 0 Å². The highest BCUT2D eigenvalue weighted by Gasteiger charge is 2.21. The van der Waals surface area contributed by atoms with Crippen molar-refractivity contribution >= 4 is 11.8 Å². The van der Waals surface area contributed by atoms with Crippen LogP contribution in [0.5, 0.6) is 0 Å². The molecule has 2 aliphatic rings. The summed E-state index contributed by atoms with van der Waals surface area (Å²) in [5.41, 5.74) is 2.81. The van der Waals surface area contributed by atoms with Crippen LogP contribution >= 0.6 is 11.8 Å². The summed E-state index contributed by atoms with van der Waals surface area (Å²) in [6, 6.07) is 7.60. The Bertz CT molecular complexity index is 425. The number of hydrogen-bond acceptors (Lipinski definition) is 3. The molecule has 1 aliphatic carbocycles. The summed E-state index contributed by atoms with van der Waals surface area (Å²) < 4.78 is 5.71. The van der Waals surface area contributed by atoms with Gasteiger partial charge < -0.3 is 10.1 Å². The van der Waals surface area contributed by atoms with Gasteiger partial charge in [0.05, 0.1) is 6.10 Å². The molecule has 1 saturated carbocycles. The maximum absolute atomic E-state index is 5.71. The highest BCUT2D eigenvalue weighted by atomic mass is 32.2. The summed E-state index contributed by atoms with van der Waals surface area (Å²) in [4.78, 5) is 1.43. The summed E-state index contributed by atoms with van der Waals surface area (Å²) in [5.74, 6) is 1.10. The number of aryl methyl sites for hydroxylation is 1. The summed E-state index contributed by atoms with van der Waals surface area (Å²) in [5, 5.41) is 3.62. The molecule has 1 unspecified atom stereocenters. The minimum atomic E-state index is 0.468. The van der Waals surface area contributed by atoms with Gasteiger partial charge in [0, 0.05) is 29.8 Å². The van der Waals surface area contributed by atoms with E-state index in [4.69, 9.17) is 4.74 Å². The zero-order valence-electron chi connectivity index (χ0n) is 11.7. The minimum Gasteiger partial charge on any atom is -0.377 e. The fourth-order valence-electron chi connectivity index (χ4n) is 2.49. The Kier molecular flexibility index (Phi) is 4.46. The van der Waals surface area contributed by atoms with E-state index in [1.807, 2.05) is 11.8 Å². The molecule has 104 valence electrons. The highest BCUT2D eigenvalue weighted by molar-refractivity contribution is 7.99. The van der Waals surface area contributed by atoms with Crippen molar-refractivity contribution in [2.45, 2.75) is 56.2 Å². The molecule has 1 aliphatic heterocycles. The van der Waals surface area contributed by atoms with Crippen LogP contribution in [0, 0.1) is 6.92 Å². The number of nitrogens with one attached hydrogen (secondary N) is 1.